The average Bonchev–Trinajstić information content (AvgIpc) is 3.44. The van der Waals surface area contributed by atoms with Crippen LogP contribution in [0.2, 0.25) is 5.02 Å². The number of ether oxygens (including phenoxy) is 1. The van der Waals surface area contributed by atoms with Crippen LogP contribution in [0.3, 0.4) is 0 Å². The summed E-state index contributed by atoms with van der Waals surface area (Å²) >= 11 is 5.98. The van der Waals surface area contributed by atoms with Gasteiger partial charge in [0, 0.05) is 22.3 Å². The van der Waals surface area contributed by atoms with Crippen molar-refractivity contribution in [2.45, 2.75) is 23.8 Å². The quantitative estimate of drug-likeness (QED) is 0.801. The molecular weight excluding hydrogens is 388 g/mol. The van der Waals surface area contributed by atoms with Gasteiger partial charge in [0.25, 0.3) is 5.91 Å². The van der Waals surface area contributed by atoms with E-state index in [2.05, 4.69) is 10.0 Å². The molecule has 27 heavy (non-hydrogen) atoms. The molecule has 0 spiro atoms. The Balaban J connectivity index is 1.47. The molecule has 1 amide bonds. The first-order valence-corrected chi connectivity index (χ1v) is 10.3. The van der Waals surface area contributed by atoms with Gasteiger partial charge in [-0.3, -0.25) is 4.79 Å². The topological polar surface area (TPSA) is 84.5 Å². The van der Waals surface area contributed by atoms with E-state index in [0.717, 1.165) is 18.4 Å². The summed E-state index contributed by atoms with van der Waals surface area (Å²) in [5.74, 6) is 0.362. The van der Waals surface area contributed by atoms with Crippen LogP contribution in [-0.2, 0) is 14.8 Å². The maximum absolute atomic E-state index is 12.5. The molecule has 6 nitrogen and oxygen atoms in total. The number of anilines is 1. The predicted octanol–water partition coefficient (Wildman–Crippen LogP) is 3.20. The largest absolute Gasteiger partial charge is 0.488 e. The first-order chi connectivity index (χ1) is 12.9. The molecule has 0 unspecified atom stereocenters. The van der Waals surface area contributed by atoms with Crippen molar-refractivity contribution in [2.75, 3.05) is 11.9 Å². The minimum Gasteiger partial charge on any atom is -0.488 e. The molecule has 0 saturated heterocycles. The number of fused-ring (bicyclic) bond motifs is 1. The van der Waals surface area contributed by atoms with Crippen LogP contribution in [-0.4, -0.2) is 27.0 Å². The molecule has 2 aromatic rings. The lowest BCUT2D eigenvalue weighted by Crippen LogP contribution is -2.25. The zero-order valence-electron chi connectivity index (χ0n) is 14.2. The lowest BCUT2D eigenvalue weighted by molar-refractivity contribution is -0.113. The van der Waals surface area contributed by atoms with Crippen molar-refractivity contribution >= 4 is 39.3 Å². The highest BCUT2D eigenvalue weighted by Gasteiger charge is 2.28. The highest BCUT2D eigenvalue weighted by atomic mass is 35.5. The zero-order valence-corrected chi connectivity index (χ0v) is 15.8. The number of amides is 1. The van der Waals surface area contributed by atoms with E-state index in [4.69, 9.17) is 16.3 Å². The zero-order chi connectivity index (χ0) is 19.0. The summed E-state index contributed by atoms with van der Waals surface area (Å²) in [5, 5.41) is 3.32. The second kappa shape index (κ2) is 6.99. The summed E-state index contributed by atoms with van der Waals surface area (Å²) in [6.07, 6.45) is 3.48. The number of carbonyl (C=O) groups is 1. The molecule has 0 atom stereocenters. The van der Waals surface area contributed by atoms with Crippen molar-refractivity contribution in [3.63, 3.8) is 0 Å². The summed E-state index contributed by atoms with van der Waals surface area (Å²) in [4.78, 5) is 12.7. The number of hydrogen-bond acceptors (Lipinski definition) is 4. The molecule has 2 N–H and O–H groups in total. The Bertz CT molecular complexity index is 1030. The van der Waals surface area contributed by atoms with Gasteiger partial charge >= 0.3 is 0 Å². The van der Waals surface area contributed by atoms with Gasteiger partial charge in [0.15, 0.2) is 0 Å². The van der Waals surface area contributed by atoms with E-state index >= 15 is 0 Å². The summed E-state index contributed by atoms with van der Waals surface area (Å²) < 4.78 is 32.5. The van der Waals surface area contributed by atoms with Crippen LogP contribution >= 0.6 is 11.6 Å². The Labute approximate surface area is 162 Å². The summed E-state index contributed by atoms with van der Waals surface area (Å²) in [6.45, 7) is 0.151. The van der Waals surface area contributed by atoms with Gasteiger partial charge in [-0.15, -0.1) is 0 Å². The Morgan fingerprint density at radius 2 is 1.85 bits per heavy atom. The van der Waals surface area contributed by atoms with Crippen molar-refractivity contribution in [1.82, 2.24) is 4.72 Å². The van der Waals surface area contributed by atoms with Crippen molar-refractivity contribution in [2.24, 2.45) is 0 Å². The van der Waals surface area contributed by atoms with Crippen LogP contribution < -0.4 is 14.8 Å². The fourth-order valence-electron chi connectivity index (χ4n) is 2.70. The van der Waals surface area contributed by atoms with E-state index in [1.807, 2.05) is 0 Å². The number of carbonyl (C=O) groups excluding carboxylic acids is 1. The minimum absolute atomic E-state index is 0.0454. The lowest BCUT2D eigenvalue weighted by Gasteiger charge is -2.18. The molecule has 1 fully saturated rings. The number of benzene rings is 2. The number of sulfonamides is 1. The average molecular weight is 405 g/mol. The summed E-state index contributed by atoms with van der Waals surface area (Å²) in [5.41, 5.74) is 1.70. The standard InChI is InChI=1S/C19H17ClN2O4S/c20-14-1-8-18-12(10-14)9-13(11-26-18)19(23)21-15-4-6-17(7-5-15)27(24,25)22-16-2-3-16/h1,4-10,16,22H,2-3,11H2,(H,21,23). The van der Waals surface area contributed by atoms with E-state index < -0.39 is 10.0 Å². The SMILES string of the molecule is O=C(Nc1ccc(S(=O)(=O)NC2CC2)cc1)C1=Cc2cc(Cl)ccc2OC1. The Morgan fingerprint density at radius 1 is 1.11 bits per heavy atom. The number of hydrogen-bond donors (Lipinski definition) is 2. The second-order valence-electron chi connectivity index (χ2n) is 6.51. The molecule has 1 aliphatic heterocycles. The molecule has 1 heterocycles. The lowest BCUT2D eigenvalue weighted by atomic mass is 10.1. The smallest absolute Gasteiger partial charge is 0.255 e. The van der Waals surface area contributed by atoms with E-state index in [1.54, 1.807) is 36.4 Å². The Kier molecular flexibility index (Phi) is 4.67. The third-order valence-electron chi connectivity index (χ3n) is 4.30. The van der Waals surface area contributed by atoms with Crippen molar-refractivity contribution in [3.05, 3.63) is 58.6 Å². The van der Waals surface area contributed by atoms with Crippen LogP contribution in [0.4, 0.5) is 5.69 Å². The summed E-state index contributed by atoms with van der Waals surface area (Å²) in [6, 6.07) is 11.3. The maximum atomic E-state index is 12.5. The van der Waals surface area contributed by atoms with Crippen LogP contribution in [0, 0.1) is 0 Å². The van der Waals surface area contributed by atoms with E-state index in [-0.39, 0.29) is 23.5 Å². The molecule has 4 rings (SSSR count). The van der Waals surface area contributed by atoms with Crippen molar-refractivity contribution in [3.8, 4) is 5.75 Å². The number of rotatable bonds is 5. The molecular formula is C19H17ClN2O4S. The number of halogens is 1. The van der Waals surface area contributed by atoms with Crippen molar-refractivity contribution in [1.29, 1.82) is 0 Å². The van der Waals surface area contributed by atoms with E-state index in [0.29, 0.717) is 22.0 Å². The monoisotopic (exact) mass is 404 g/mol. The molecule has 0 bridgehead atoms. The summed E-state index contributed by atoms with van der Waals surface area (Å²) in [7, 11) is -3.51. The molecule has 0 aromatic heterocycles. The first kappa shape index (κ1) is 18.0. The highest BCUT2D eigenvalue weighted by Crippen LogP contribution is 2.29. The van der Waals surface area contributed by atoms with Gasteiger partial charge in [-0.1, -0.05) is 11.6 Å². The van der Waals surface area contributed by atoms with E-state index in [9.17, 15) is 13.2 Å². The molecule has 140 valence electrons. The minimum atomic E-state index is -3.51. The van der Waals surface area contributed by atoms with E-state index in [1.165, 1.54) is 12.1 Å². The van der Waals surface area contributed by atoms with Gasteiger partial charge in [-0.25, -0.2) is 13.1 Å². The van der Waals surface area contributed by atoms with Gasteiger partial charge in [-0.2, -0.15) is 0 Å². The molecule has 1 saturated carbocycles. The maximum Gasteiger partial charge on any atom is 0.255 e. The van der Waals surface area contributed by atoms with Crippen LogP contribution in [0.15, 0.2) is 52.9 Å². The van der Waals surface area contributed by atoms with Crippen LogP contribution in [0.25, 0.3) is 6.08 Å². The molecule has 2 aromatic carbocycles. The second-order valence-corrected chi connectivity index (χ2v) is 8.66. The predicted molar refractivity (Wildman–Crippen MR) is 103 cm³/mol. The van der Waals surface area contributed by atoms with Crippen molar-refractivity contribution < 1.29 is 17.9 Å². The molecule has 0 radical (unpaired) electrons. The van der Waals surface area contributed by atoms with Gasteiger partial charge in [0.2, 0.25) is 10.0 Å². The molecule has 8 heteroatoms. The fraction of sp³-hybridized carbons (Fsp3) is 0.211. The molecule has 2 aliphatic rings. The van der Waals surface area contributed by atoms with Gasteiger partial charge in [0.1, 0.15) is 12.4 Å². The van der Waals surface area contributed by atoms with Gasteiger partial charge in [-0.05, 0) is 61.4 Å². The van der Waals surface area contributed by atoms with Crippen LogP contribution in [0.1, 0.15) is 18.4 Å². The Hall–Kier alpha value is -2.35. The van der Waals surface area contributed by atoms with Gasteiger partial charge in [0.05, 0.1) is 10.5 Å². The third kappa shape index (κ3) is 4.16. The first-order valence-electron chi connectivity index (χ1n) is 8.47. The number of nitrogens with one attached hydrogen (secondary N) is 2. The third-order valence-corrected chi connectivity index (χ3v) is 6.07. The Morgan fingerprint density at radius 3 is 2.56 bits per heavy atom. The van der Waals surface area contributed by atoms with Crippen LogP contribution in [0.5, 0.6) is 5.75 Å². The fourth-order valence-corrected chi connectivity index (χ4v) is 4.18. The highest BCUT2D eigenvalue weighted by molar-refractivity contribution is 7.89. The molecule has 1 aliphatic carbocycles. The normalized spacial score (nSPS) is 16.1. The van der Waals surface area contributed by atoms with Gasteiger partial charge < -0.3 is 10.1 Å².